The topological polar surface area (TPSA) is 161 Å². The van der Waals surface area contributed by atoms with E-state index in [-0.39, 0.29) is 22.9 Å². The highest BCUT2D eigenvalue weighted by Crippen LogP contribution is 2.29. The summed E-state index contributed by atoms with van der Waals surface area (Å²) in [5.74, 6) is -2.34. The summed E-state index contributed by atoms with van der Waals surface area (Å²) >= 11 is 1.88. The lowest BCUT2D eigenvalue weighted by molar-refractivity contribution is -0.387. The van der Waals surface area contributed by atoms with Gasteiger partial charge in [-0.15, -0.1) is 23.5 Å². The molecule has 0 aliphatic heterocycles. The Bertz CT molecular complexity index is 804. The Hall–Kier alpha value is -3.12. The molecule has 0 saturated carbocycles. The molecule has 148 valence electrons. The Morgan fingerprint density at radius 2 is 1.07 bits per heavy atom. The van der Waals surface area contributed by atoms with Gasteiger partial charge in [0, 0.05) is 12.1 Å². The van der Waals surface area contributed by atoms with Crippen molar-refractivity contribution < 1.29 is 29.6 Å². The maximum Gasteiger partial charge on any atom is 0.313 e. The van der Waals surface area contributed by atoms with E-state index in [0.717, 1.165) is 23.5 Å². The zero-order chi connectivity index (χ0) is 21.1. The average molecular weight is 426 g/mol. The Labute approximate surface area is 166 Å². The minimum Gasteiger partial charge on any atom is -0.481 e. The largest absolute Gasteiger partial charge is 0.481 e. The van der Waals surface area contributed by atoms with E-state index in [2.05, 4.69) is 0 Å². The van der Waals surface area contributed by atoms with Crippen LogP contribution in [0, 0.1) is 20.2 Å². The molecule has 2 aromatic rings. The van der Waals surface area contributed by atoms with Gasteiger partial charge in [-0.25, -0.2) is 0 Å². The third-order valence-corrected chi connectivity index (χ3v) is 4.92. The van der Waals surface area contributed by atoms with Crippen LogP contribution >= 0.6 is 23.5 Å². The molecule has 0 saturated heterocycles. The molecule has 2 aromatic carbocycles. The van der Waals surface area contributed by atoms with Gasteiger partial charge in [-0.1, -0.05) is 24.3 Å². The molecule has 10 nitrogen and oxygen atoms in total. The monoisotopic (exact) mass is 426 g/mol. The number of hydrogen-bond donors (Lipinski definition) is 2. The minimum atomic E-state index is -0.992. The minimum absolute atomic E-state index is 0.0567. The summed E-state index contributed by atoms with van der Waals surface area (Å²) < 4.78 is 0. The van der Waals surface area contributed by atoms with Crippen LogP contribution in [0.25, 0.3) is 0 Å². The van der Waals surface area contributed by atoms with Gasteiger partial charge in [0.05, 0.1) is 31.1 Å². The molecular weight excluding hydrogens is 412 g/mol. The third-order valence-electron chi connectivity index (χ3n) is 2.83. The second-order valence-electron chi connectivity index (χ2n) is 4.81. The van der Waals surface area contributed by atoms with Crippen LogP contribution in [0.15, 0.2) is 58.3 Å². The Kier molecular flexibility index (Phi) is 9.47. The molecule has 0 radical (unpaired) electrons. The predicted octanol–water partition coefficient (Wildman–Crippen LogP) is 3.54. The first-order chi connectivity index (χ1) is 13.2. The van der Waals surface area contributed by atoms with Crippen molar-refractivity contribution in [2.24, 2.45) is 0 Å². The van der Waals surface area contributed by atoms with Gasteiger partial charge in [0.15, 0.2) is 0 Å². The van der Waals surface area contributed by atoms with E-state index in [1.165, 1.54) is 24.3 Å². The third kappa shape index (κ3) is 8.05. The highest BCUT2D eigenvalue weighted by Gasteiger charge is 2.14. The molecule has 0 aliphatic carbocycles. The Morgan fingerprint density at radius 1 is 0.750 bits per heavy atom. The van der Waals surface area contributed by atoms with Crippen molar-refractivity contribution in [2.45, 2.75) is 9.79 Å². The summed E-state index contributed by atoms with van der Waals surface area (Å²) in [5.41, 5.74) is -0.113. The maximum absolute atomic E-state index is 10.5. The molecule has 0 bridgehead atoms. The van der Waals surface area contributed by atoms with Gasteiger partial charge in [0.2, 0.25) is 0 Å². The zero-order valence-corrected chi connectivity index (χ0v) is 15.7. The summed E-state index contributed by atoms with van der Waals surface area (Å²) in [7, 11) is 0. The van der Waals surface area contributed by atoms with E-state index < -0.39 is 21.8 Å². The zero-order valence-electron chi connectivity index (χ0n) is 14.1. The van der Waals surface area contributed by atoms with Crippen molar-refractivity contribution in [1.82, 2.24) is 0 Å². The number of para-hydroxylation sites is 2. The van der Waals surface area contributed by atoms with Crippen LogP contribution in [0.3, 0.4) is 0 Å². The van der Waals surface area contributed by atoms with Crippen molar-refractivity contribution in [3.63, 3.8) is 0 Å². The van der Waals surface area contributed by atoms with Gasteiger partial charge in [-0.3, -0.25) is 29.8 Å². The number of nitro groups is 2. The van der Waals surface area contributed by atoms with Crippen LogP contribution < -0.4 is 0 Å². The average Bonchev–Trinajstić information content (AvgIpc) is 2.65. The standard InChI is InChI=1S/2C8H7NO4S/c2*10-8(11)5-14-7-4-2-1-3-6(7)9(12)13/h2*1-4H,5H2,(H,10,11). The van der Waals surface area contributed by atoms with E-state index >= 15 is 0 Å². The molecule has 0 aliphatic rings. The van der Waals surface area contributed by atoms with Gasteiger partial charge in [-0.2, -0.15) is 0 Å². The summed E-state index contributed by atoms with van der Waals surface area (Å²) in [6.07, 6.45) is 0. The summed E-state index contributed by atoms with van der Waals surface area (Å²) in [4.78, 5) is 41.3. The van der Waals surface area contributed by atoms with Gasteiger partial charge in [0.1, 0.15) is 0 Å². The second-order valence-corrected chi connectivity index (χ2v) is 6.85. The lowest BCUT2D eigenvalue weighted by Gasteiger charge is -1.99. The van der Waals surface area contributed by atoms with E-state index in [0.29, 0.717) is 9.79 Å². The number of hydrogen-bond acceptors (Lipinski definition) is 8. The fourth-order valence-electron chi connectivity index (χ4n) is 1.74. The highest BCUT2D eigenvalue weighted by molar-refractivity contribution is 8.00. The number of carboxylic acid groups (broad SMARTS) is 2. The molecule has 0 amide bonds. The first-order valence-electron chi connectivity index (χ1n) is 7.38. The molecule has 0 unspecified atom stereocenters. The summed E-state index contributed by atoms with van der Waals surface area (Å²) in [6, 6.07) is 12.1. The SMILES string of the molecule is O=C(O)CSc1ccccc1[N+](=O)[O-].O=C(O)CSc1ccccc1[N+](=O)[O-]. The molecule has 0 fully saturated rings. The van der Waals surface area contributed by atoms with Crippen molar-refractivity contribution in [3.8, 4) is 0 Å². The normalized spacial score (nSPS) is 9.71. The molecule has 0 heterocycles. The van der Waals surface area contributed by atoms with Crippen LogP contribution in [0.4, 0.5) is 11.4 Å². The number of aliphatic carboxylic acids is 2. The quantitative estimate of drug-likeness (QED) is 0.363. The van der Waals surface area contributed by atoms with E-state index in [4.69, 9.17) is 10.2 Å². The van der Waals surface area contributed by atoms with Crippen LogP contribution in [0.2, 0.25) is 0 Å². The Morgan fingerprint density at radius 3 is 1.36 bits per heavy atom. The lowest BCUT2D eigenvalue weighted by atomic mass is 10.3. The number of carboxylic acids is 2. The predicted molar refractivity (Wildman–Crippen MR) is 103 cm³/mol. The van der Waals surface area contributed by atoms with Crippen LogP contribution in [0.1, 0.15) is 0 Å². The summed E-state index contributed by atoms with van der Waals surface area (Å²) in [5, 5.41) is 37.8. The van der Waals surface area contributed by atoms with Gasteiger partial charge in [-0.05, 0) is 12.1 Å². The molecule has 2 N–H and O–H groups in total. The van der Waals surface area contributed by atoms with Crippen molar-refractivity contribution in [3.05, 3.63) is 68.8 Å². The van der Waals surface area contributed by atoms with E-state index in [9.17, 15) is 29.8 Å². The highest BCUT2D eigenvalue weighted by atomic mass is 32.2. The number of thioether (sulfide) groups is 2. The van der Waals surface area contributed by atoms with Crippen molar-refractivity contribution in [1.29, 1.82) is 0 Å². The number of nitrogens with zero attached hydrogens (tertiary/aromatic N) is 2. The molecule has 0 aromatic heterocycles. The summed E-state index contributed by atoms with van der Waals surface area (Å²) in [6.45, 7) is 0. The molecule has 12 heteroatoms. The van der Waals surface area contributed by atoms with Gasteiger partial charge >= 0.3 is 11.9 Å². The molecule has 2 rings (SSSR count). The maximum atomic E-state index is 10.5. The number of rotatable bonds is 8. The molecule has 28 heavy (non-hydrogen) atoms. The Balaban J connectivity index is 0.000000280. The molecule has 0 spiro atoms. The van der Waals surface area contributed by atoms with Gasteiger partial charge in [0.25, 0.3) is 11.4 Å². The number of benzene rings is 2. The van der Waals surface area contributed by atoms with E-state index in [1.54, 1.807) is 24.3 Å². The first-order valence-corrected chi connectivity index (χ1v) is 9.35. The number of carbonyl (C=O) groups is 2. The van der Waals surface area contributed by atoms with Gasteiger partial charge < -0.3 is 10.2 Å². The van der Waals surface area contributed by atoms with Crippen LogP contribution in [0.5, 0.6) is 0 Å². The molecule has 0 atom stereocenters. The first kappa shape index (κ1) is 22.9. The fourth-order valence-corrected chi connectivity index (χ4v) is 3.23. The lowest BCUT2D eigenvalue weighted by Crippen LogP contribution is -1.98. The number of nitro benzene ring substituents is 2. The van der Waals surface area contributed by atoms with Crippen LogP contribution in [-0.4, -0.2) is 43.5 Å². The second kappa shape index (κ2) is 11.6. The van der Waals surface area contributed by atoms with Crippen molar-refractivity contribution in [2.75, 3.05) is 11.5 Å². The van der Waals surface area contributed by atoms with E-state index in [1.807, 2.05) is 0 Å². The fraction of sp³-hybridized carbons (Fsp3) is 0.125. The molecular formula is C16H14N2O8S2. The van der Waals surface area contributed by atoms with Crippen molar-refractivity contribution >= 4 is 46.8 Å². The smallest absolute Gasteiger partial charge is 0.313 e. The van der Waals surface area contributed by atoms with Crippen LogP contribution in [-0.2, 0) is 9.59 Å².